The minimum Gasteiger partial charge on any atom is -0.466 e. The average Bonchev–Trinajstić information content (AvgIpc) is 2.45. The molecule has 0 atom stereocenters. The summed E-state index contributed by atoms with van der Waals surface area (Å²) in [6.45, 7) is 3.48. The molecule has 1 N–H and O–H groups in total. The molecule has 0 aliphatic heterocycles. The van der Waals surface area contributed by atoms with E-state index < -0.39 is 7.82 Å². The lowest BCUT2D eigenvalue weighted by atomic mass is 10.5. The molecule has 0 aromatic heterocycles. The standard InChI is InChI=1S/C12H23O8P/c1-3-11(13)17-7-5-9-19-21(15,16)20-10-6-8-18-12(14)4-2/h3-10H2,1-2H3,(H,15,16). The fourth-order valence-corrected chi connectivity index (χ4v) is 1.89. The van der Waals surface area contributed by atoms with Gasteiger partial charge in [-0.1, -0.05) is 13.8 Å². The Kier molecular flexibility index (Phi) is 11.2. The van der Waals surface area contributed by atoms with Crippen molar-refractivity contribution in [2.24, 2.45) is 0 Å². The predicted molar refractivity (Wildman–Crippen MR) is 73.5 cm³/mol. The second kappa shape index (κ2) is 11.7. The van der Waals surface area contributed by atoms with Crippen molar-refractivity contribution in [3.05, 3.63) is 0 Å². The summed E-state index contributed by atoms with van der Waals surface area (Å²) in [6.07, 6.45) is 1.16. The second-order valence-corrected chi connectivity index (χ2v) is 5.44. The fourth-order valence-electron chi connectivity index (χ4n) is 1.09. The largest absolute Gasteiger partial charge is 0.472 e. The molecule has 0 fully saturated rings. The van der Waals surface area contributed by atoms with Gasteiger partial charge in [-0.05, 0) is 0 Å². The molecule has 0 aliphatic carbocycles. The number of rotatable bonds is 12. The first-order valence-electron chi connectivity index (χ1n) is 6.84. The number of phosphoric acid groups is 1. The highest BCUT2D eigenvalue weighted by molar-refractivity contribution is 7.47. The highest BCUT2D eigenvalue weighted by atomic mass is 31.2. The van der Waals surface area contributed by atoms with Crippen LogP contribution in [-0.2, 0) is 32.7 Å². The number of carbonyl (C=O) groups is 2. The van der Waals surface area contributed by atoms with Crippen LogP contribution in [0.25, 0.3) is 0 Å². The van der Waals surface area contributed by atoms with E-state index in [2.05, 4.69) is 9.05 Å². The molecule has 0 aliphatic rings. The number of hydrogen-bond donors (Lipinski definition) is 1. The third-order valence-corrected chi connectivity index (χ3v) is 3.21. The smallest absolute Gasteiger partial charge is 0.466 e. The lowest BCUT2D eigenvalue weighted by molar-refractivity contribution is -0.144. The molecule has 0 unspecified atom stereocenters. The zero-order chi connectivity index (χ0) is 16.1. The summed E-state index contributed by atoms with van der Waals surface area (Å²) in [5.41, 5.74) is 0. The van der Waals surface area contributed by atoms with E-state index in [1.54, 1.807) is 13.8 Å². The molecule has 124 valence electrons. The molecular weight excluding hydrogens is 303 g/mol. The quantitative estimate of drug-likeness (QED) is 0.328. The van der Waals surface area contributed by atoms with Crippen LogP contribution < -0.4 is 0 Å². The minimum atomic E-state index is -4.12. The molecule has 0 saturated carbocycles. The van der Waals surface area contributed by atoms with Gasteiger partial charge in [-0.2, -0.15) is 0 Å². The Balaban J connectivity index is 3.58. The Morgan fingerprint density at radius 2 is 1.24 bits per heavy atom. The maximum atomic E-state index is 11.4. The van der Waals surface area contributed by atoms with Gasteiger partial charge in [-0.15, -0.1) is 0 Å². The second-order valence-electron chi connectivity index (χ2n) is 3.99. The summed E-state index contributed by atoms with van der Waals surface area (Å²) in [7, 11) is -4.12. The van der Waals surface area contributed by atoms with Crippen molar-refractivity contribution >= 4 is 19.8 Å². The minimum absolute atomic E-state index is 0.0599. The van der Waals surface area contributed by atoms with Gasteiger partial charge in [0.15, 0.2) is 0 Å². The van der Waals surface area contributed by atoms with Gasteiger partial charge >= 0.3 is 19.8 Å². The van der Waals surface area contributed by atoms with Crippen molar-refractivity contribution in [2.75, 3.05) is 26.4 Å². The number of phosphoric ester groups is 1. The molecule has 9 heteroatoms. The Bertz CT molecular complexity index is 327. The molecule has 0 radical (unpaired) electrons. The number of esters is 2. The van der Waals surface area contributed by atoms with Gasteiger partial charge in [0.25, 0.3) is 0 Å². The van der Waals surface area contributed by atoms with E-state index in [0.717, 1.165) is 0 Å². The first-order valence-corrected chi connectivity index (χ1v) is 8.34. The molecule has 0 aromatic rings. The zero-order valence-corrected chi connectivity index (χ0v) is 13.3. The van der Waals surface area contributed by atoms with Crippen LogP contribution in [0.5, 0.6) is 0 Å². The summed E-state index contributed by atoms with van der Waals surface area (Å²) >= 11 is 0. The van der Waals surface area contributed by atoms with Gasteiger partial charge in [-0.3, -0.25) is 18.6 Å². The van der Waals surface area contributed by atoms with E-state index in [1.165, 1.54) is 0 Å². The van der Waals surface area contributed by atoms with Crippen LogP contribution in [-0.4, -0.2) is 43.3 Å². The van der Waals surface area contributed by atoms with E-state index in [4.69, 9.17) is 9.47 Å². The van der Waals surface area contributed by atoms with Crippen LogP contribution in [0.2, 0.25) is 0 Å². The van der Waals surface area contributed by atoms with Gasteiger partial charge < -0.3 is 14.4 Å². The fraction of sp³-hybridized carbons (Fsp3) is 0.833. The van der Waals surface area contributed by atoms with Crippen LogP contribution in [0.3, 0.4) is 0 Å². The molecule has 0 saturated heterocycles. The van der Waals surface area contributed by atoms with Crippen LogP contribution in [0, 0.1) is 0 Å². The molecule has 8 nitrogen and oxygen atoms in total. The predicted octanol–water partition coefficient (Wildman–Crippen LogP) is 1.81. The molecule has 0 spiro atoms. The van der Waals surface area contributed by atoms with E-state index in [-0.39, 0.29) is 51.2 Å². The number of ether oxygens (including phenoxy) is 2. The Labute approximate surface area is 124 Å². The number of hydrogen-bond acceptors (Lipinski definition) is 7. The first kappa shape index (κ1) is 20.1. The topological polar surface area (TPSA) is 108 Å². The van der Waals surface area contributed by atoms with E-state index >= 15 is 0 Å². The van der Waals surface area contributed by atoms with E-state index in [0.29, 0.717) is 12.8 Å². The third-order valence-electron chi connectivity index (χ3n) is 2.19. The molecule has 0 bridgehead atoms. The molecule has 21 heavy (non-hydrogen) atoms. The molecular formula is C12H23O8P. The SMILES string of the molecule is CCC(=O)OCCCOP(=O)(O)OCCCOC(=O)CC. The Morgan fingerprint density at radius 3 is 1.57 bits per heavy atom. The van der Waals surface area contributed by atoms with Crippen LogP contribution in [0.4, 0.5) is 0 Å². The van der Waals surface area contributed by atoms with Crippen molar-refractivity contribution in [1.82, 2.24) is 0 Å². The molecule has 0 amide bonds. The van der Waals surface area contributed by atoms with Gasteiger partial charge in [0.05, 0.1) is 26.4 Å². The van der Waals surface area contributed by atoms with Crippen molar-refractivity contribution < 1.29 is 37.6 Å². The van der Waals surface area contributed by atoms with Crippen LogP contribution in [0.1, 0.15) is 39.5 Å². The van der Waals surface area contributed by atoms with Gasteiger partial charge in [0, 0.05) is 25.7 Å². The van der Waals surface area contributed by atoms with Gasteiger partial charge in [0.1, 0.15) is 0 Å². The summed E-state index contributed by atoms with van der Waals surface area (Å²) in [5, 5.41) is 0. The Hall–Kier alpha value is -0.950. The average molecular weight is 326 g/mol. The Morgan fingerprint density at radius 1 is 0.857 bits per heavy atom. The maximum Gasteiger partial charge on any atom is 0.472 e. The van der Waals surface area contributed by atoms with Crippen LogP contribution >= 0.6 is 7.82 Å². The van der Waals surface area contributed by atoms with Gasteiger partial charge in [0.2, 0.25) is 0 Å². The zero-order valence-electron chi connectivity index (χ0n) is 12.4. The van der Waals surface area contributed by atoms with E-state index in [1.807, 2.05) is 0 Å². The number of carbonyl (C=O) groups excluding carboxylic acids is 2. The molecule has 0 heterocycles. The van der Waals surface area contributed by atoms with Gasteiger partial charge in [-0.25, -0.2) is 4.57 Å². The van der Waals surface area contributed by atoms with Crippen LogP contribution in [0.15, 0.2) is 0 Å². The maximum absolute atomic E-state index is 11.4. The van der Waals surface area contributed by atoms with E-state index in [9.17, 15) is 19.0 Å². The van der Waals surface area contributed by atoms with Crippen molar-refractivity contribution in [3.63, 3.8) is 0 Å². The van der Waals surface area contributed by atoms with Crippen molar-refractivity contribution in [2.45, 2.75) is 39.5 Å². The normalized spacial score (nSPS) is 11.2. The first-order chi connectivity index (χ1) is 9.91. The highest BCUT2D eigenvalue weighted by Crippen LogP contribution is 2.43. The summed E-state index contributed by atoms with van der Waals surface area (Å²) in [4.78, 5) is 31.0. The monoisotopic (exact) mass is 326 g/mol. The lowest BCUT2D eigenvalue weighted by Gasteiger charge is -2.12. The van der Waals surface area contributed by atoms with Crippen molar-refractivity contribution in [3.8, 4) is 0 Å². The summed E-state index contributed by atoms with van der Waals surface area (Å²) in [5.74, 6) is -0.667. The summed E-state index contributed by atoms with van der Waals surface area (Å²) < 4.78 is 30.3. The van der Waals surface area contributed by atoms with Crippen molar-refractivity contribution in [1.29, 1.82) is 0 Å². The summed E-state index contributed by atoms with van der Waals surface area (Å²) in [6, 6.07) is 0. The molecule has 0 rings (SSSR count). The third kappa shape index (κ3) is 12.5. The highest BCUT2D eigenvalue weighted by Gasteiger charge is 2.20. The lowest BCUT2D eigenvalue weighted by Crippen LogP contribution is -2.08. The molecule has 0 aromatic carbocycles.